The first-order valence-corrected chi connectivity index (χ1v) is 3.97. The molecule has 0 aromatic heterocycles. The molecule has 1 aromatic rings. The number of rotatable bonds is 3. The molecule has 5 nitrogen and oxygen atoms in total. The number of nitrogens with zero attached hydrogens (tertiary/aromatic N) is 1. The molecule has 0 saturated carbocycles. The lowest BCUT2D eigenvalue weighted by Crippen LogP contribution is -2.18. The van der Waals surface area contributed by atoms with Crippen molar-refractivity contribution in [3.63, 3.8) is 0 Å². The monoisotopic (exact) mass is 218 g/mol. The fourth-order valence-corrected chi connectivity index (χ4v) is 1.13. The second-order valence-electron chi connectivity index (χ2n) is 2.84. The Kier molecular flexibility index (Phi) is 3.28. The second-order valence-corrected chi connectivity index (χ2v) is 2.84. The molecule has 3 N–H and O–H groups in total. The van der Waals surface area contributed by atoms with Crippen LogP contribution in [0.1, 0.15) is 11.6 Å². The molecule has 0 aliphatic rings. The van der Waals surface area contributed by atoms with Gasteiger partial charge in [-0.25, -0.2) is 4.39 Å². The number of nitro groups is 1. The minimum atomic E-state index is -1.35. The molecule has 0 bridgehead atoms. The molecule has 0 amide bonds. The Bertz CT molecular complexity index is 398. The first-order valence-electron chi connectivity index (χ1n) is 3.97. The van der Waals surface area contributed by atoms with Crippen LogP contribution in [0, 0.1) is 21.7 Å². The molecule has 0 unspecified atom stereocenters. The number of aliphatic hydroxyl groups excluding tert-OH is 1. The molecule has 15 heavy (non-hydrogen) atoms. The van der Waals surface area contributed by atoms with Crippen LogP contribution in [0.25, 0.3) is 0 Å². The first-order chi connectivity index (χ1) is 6.99. The van der Waals surface area contributed by atoms with Crippen LogP contribution in [-0.2, 0) is 0 Å². The molecule has 0 aliphatic heterocycles. The van der Waals surface area contributed by atoms with Gasteiger partial charge in [0, 0.05) is 11.6 Å². The average molecular weight is 218 g/mol. The van der Waals surface area contributed by atoms with E-state index >= 15 is 0 Å². The van der Waals surface area contributed by atoms with Crippen LogP contribution in [0.4, 0.5) is 14.5 Å². The van der Waals surface area contributed by atoms with Crippen LogP contribution in [0.5, 0.6) is 0 Å². The fraction of sp³-hybridized carbons (Fsp3) is 0.250. The first kappa shape index (κ1) is 11.5. The molecule has 0 spiro atoms. The summed E-state index contributed by atoms with van der Waals surface area (Å²) in [6.45, 7) is -0.699. The Morgan fingerprint density at radius 2 is 2.13 bits per heavy atom. The summed E-state index contributed by atoms with van der Waals surface area (Å²) in [4.78, 5) is 9.35. The molecule has 0 heterocycles. The molecule has 1 aromatic carbocycles. The number of halogens is 2. The third kappa shape index (κ3) is 2.08. The van der Waals surface area contributed by atoms with Crippen LogP contribution in [0.2, 0.25) is 0 Å². The number of hydrogen-bond acceptors (Lipinski definition) is 4. The Labute approximate surface area is 83.3 Å². The summed E-state index contributed by atoms with van der Waals surface area (Å²) in [6.07, 6.45) is 0. The number of hydrogen-bond donors (Lipinski definition) is 2. The Morgan fingerprint density at radius 3 is 2.60 bits per heavy atom. The van der Waals surface area contributed by atoms with Gasteiger partial charge in [-0.05, 0) is 6.07 Å². The number of nitro benzene ring substituents is 1. The van der Waals surface area contributed by atoms with E-state index in [-0.39, 0.29) is 0 Å². The van der Waals surface area contributed by atoms with Crippen molar-refractivity contribution < 1.29 is 18.8 Å². The predicted octanol–water partition coefficient (Wildman–Crippen LogP) is 0.865. The highest BCUT2D eigenvalue weighted by atomic mass is 19.1. The summed E-state index contributed by atoms with van der Waals surface area (Å²) in [5.74, 6) is -2.36. The normalized spacial score (nSPS) is 12.5. The van der Waals surface area contributed by atoms with Crippen molar-refractivity contribution in [2.75, 3.05) is 6.61 Å². The second kappa shape index (κ2) is 4.28. The summed E-state index contributed by atoms with van der Waals surface area (Å²) in [5.41, 5.74) is 3.67. The van der Waals surface area contributed by atoms with Gasteiger partial charge in [-0.2, -0.15) is 4.39 Å². The lowest BCUT2D eigenvalue weighted by Gasteiger charge is -2.10. The Morgan fingerprint density at radius 1 is 1.53 bits per heavy atom. The van der Waals surface area contributed by atoms with Gasteiger partial charge < -0.3 is 10.8 Å². The van der Waals surface area contributed by atoms with Gasteiger partial charge in [0.1, 0.15) is 5.82 Å². The molecule has 0 radical (unpaired) electrons. The number of aliphatic hydroxyl groups is 1. The molecule has 82 valence electrons. The van der Waals surface area contributed by atoms with Gasteiger partial charge in [-0.15, -0.1) is 0 Å². The molecular weight excluding hydrogens is 210 g/mol. The minimum Gasteiger partial charge on any atom is -0.394 e. The van der Waals surface area contributed by atoms with Crippen molar-refractivity contribution >= 4 is 5.69 Å². The molecule has 0 saturated heterocycles. The maximum Gasteiger partial charge on any atom is 0.305 e. The maximum atomic E-state index is 13.3. The Hall–Kier alpha value is -1.60. The highest BCUT2D eigenvalue weighted by Gasteiger charge is 2.24. The third-order valence-corrected chi connectivity index (χ3v) is 1.87. The smallest absolute Gasteiger partial charge is 0.305 e. The van der Waals surface area contributed by atoms with Crippen LogP contribution < -0.4 is 5.73 Å². The minimum absolute atomic E-state index is 0.674. The number of nitrogens with two attached hydrogens (primary N) is 1. The molecule has 0 fully saturated rings. The van der Waals surface area contributed by atoms with Crippen molar-refractivity contribution in [2.24, 2.45) is 5.73 Å². The lowest BCUT2D eigenvalue weighted by atomic mass is 10.1. The van der Waals surface area contributed by atoms with E-state index in [4.69, 9.17) is 10.8 Å². The highest BCUT2D eigenvalue weighted by molar-refractivity contribution is 5.39. The van der Waals surface area contributed by atoms with E-state index in [0.717, 1.165) is 6.07 Å². The van der Waals surface area contributed by atoms with Crippen molar-refractivity contribution in [3.8, 4) is 0 Å². The molecular formula is C8H8F2N2O3. The summed E-state index contributed by atoms with van der Waals surface area (Å²) < 4.78 is 26.4. The van der Waals surface area contributed by atoms with E-state index in [1.54, 1.807) is 0 Å². The van der Waals surface area contributed by atoms with Crippen molar-refractivity contribution in [1.82, 2.24) is 0 Å². The molecule has 7 heteroatoms. The molecule has 0 aliphatic carbocycles. The van der Waals surface area contributed by atoms with Crippen molar-refractivity contribution in [2.45, 2.75) is 6.04 Å². The standard InChI is InChI=1S/C8H8F2N2O3/c9-4-1-2-6(12(14)15)8(10)7(4)5(11)3-13/h1-2,5,13H,3,11H2/t5-/m1/s1. The highest BCUT2D eigenvalue weighted by Crippen LogP contribution is 2.26. The SMILES string of the molecule is N[C@H](CO)c1c(F)ccc([N+](=O)[O-])c1F. The van der Waals surface area contributed by atoms with Gasteiger partial charge in [0.15, 0.2) is 0 Å². The molecule has 1 atom stereocenters. The van der Waals surface area contributed by atoms with E-state index in [2.05, 4.69) is 0 Å². The van der Waals surface area contributed by atoms with Gasteiger partial charge in [-0.3, -0.25) is 10.1 Å². The van der Waals surface area contributed by atoms with E-state index < -0.39 is 40.5 Å². The zero-order valence-electron chi connectivity index (χ0n) is 7.48. The van der Waals surface area contributed by atoms with Crippen molar-refractivity contribution in [3.05, 3.63) is 39.4 Å². The fourth-order valence-electron chi connectivity index (χ4n) is 1.13. The summed E-state index contributed by atoms with van der Waals surface area (Å²) in [6, 6.07) is 0.134. The van der Waals surface area contributed by atoms with Gasteiger partial charge in [-0.1, -0.05) is 0 Å². The zero-order chi connectivity index (χ0) is 11.6. The van der Waals surface area contributed by atoms with Gasteiger partial charge in [0.05, 0.1) is 17.6 Å². The average Bonchev–Trinajstić information content (AvgIpc) is 2.16. The van der Waals surface area contributed by atoms with Gasteiger partial charge in [0.2, 0.25) is 5.82 Å². The van der Waals surface area contributed by atoms with E-state index in [9.17, 15) is 18.9 Å². The van der Waals surface area contributed by atoms with Gasteiger partial charge >= 0.3 is 5.69 Å². The summed E-state index contributed by atoms with van der Waals surface area (Å²) in [5, 5.41) is 19.0. The maximum absolute atomic E-state index is 13.3. The topological polar surface area (TPSA) is 89.4 Å². The van der Waals surface area contributed by atoms with Gasteiger partial charge in [0.25, 0.3) is 0 Å². The van der Waals surface area contributed by atoms with Crippen molar-refractivity contribution in [1.29, 1.82) is 0 Å². The largest absolute Gasteiger partial charge is 0.394 e. The third-order valence-electron chi connectivity index (χ3n) is 1.87. The zero-order valence-corrected chi connectivity index (χ0v) is 7.48. The lowest BCUT2D eigenvalue weighted by molar-refractivity contribution is -0.387. The quantitative estimate of drug-likeness (QED) is 0.581. The Balaban J connectivity index is 3.36. The summed E-state index contributed by atoms with van der Waals surface area (Å²) in [7, 11) is 0. The van der Waals surface area contributed by atoms with E-state index in [0.29, 0.717) is 6.07 Å². The van der Waals surface area contributed by atoms with Crippen LogP contribution in [0.15, 0.2) is 12.1 Å². The van der Waals surface area contributed by atoms with E-state index in [1.807, 2.05) is 0 Å². The van der Waals surface area contributed by atoms with E-state index in [1.165, 1.54) is 0 Å². The summed E-state index contributed by atoms with van der Waals surface area (Å²) >= 11 is 0. The van der Waals surface area contributed by atoms with Crippen LogP contribution in [-0.4, -0.2) is 16.6 Å². The molecule has 1 rings (SSSR count). The number of benzene rings is 1. The van der Waals surface area contributed by atoms with Crippen LogP contribution >= 0.6 is 0 Å². The van der Waals surface area contributed by atoms with Crippen LogP contribution in [0.3, 0.4) is 0 Å². The predicted molar refractivity (Wildman–Crippen MR) is 47.0 cm³/mol.